The third-order valence-corrected chi connectivity index (χ3v) is 6.42. The van der Waals surface area contributed by atoms with Crippen LogP contribution in [0.5, 0.6) is 0 Å². The monoisotopic (exact) mass is 411 g/mol. The van der Waals surface area contributed by atoms with E-state index in [9.17, 15) is 18.0 Å². The lowest BCUT2D eigenvalue weighted by Crippen LogP contribution is -2.45. The molecule has 4 rings (SSSR count). The quantitative estimate of drug-likeness (QED) is 0.774. The minimum Gasteiger partial charge on any atom is -0.356 e. The Morgan fingerprint density at radius 1 is 1.18 bits per heavy atom. The van der Waals surface area contributed by atoms with Crippen LogP contribution >= 0.6 is 11.3 Å². The Balaban J connectivity index is 1.52. The summed E-state index contributed by atoms with van der Waals surface area (Å²) in [7, 11) is 0. The lowest BCUT2D eigenvalue weighted by molar-refractivity contribution is -0.141. The van der Waals surface area contributed by atoms with Crippen molar-refractivity contribution in [3.63, 3.8) is 0 Å². The number of likely N-dealkylation sites (tertiary alicyclic amines) is 1. The van der Waals surface area contributed by atoms with Crippen molar-refractivity contribution in [3.05, 3.63) is 34.7 Å². The Kier molecular flexibility index (Phi) is 4.98. The van der Waals surface area contributed by atoms with Gasteiger partial charge in [-0.3, -0.25) is 9.78 Å². The topological polar surface area (TPSA) is 62.2 Å². The predicted molar refractivity (Wildman–Crippen MR) is 97.7 cm³/mol. The summed E-state index contributed by atoms with van der Waals surface area (Å²) in [6, 6.07) is 1.01. The molecule has 0 saturated carbocycles. The maximum absolute atomic E-state index is 13.0. The Bertz CT molecular complexity index is 844. The van der Waals surface area contributed by atoms with E-state index in [2.05, 4.69) is 15.0 Å². The van der Waals surface area contributed by atoms with Crippen molar-refractivity contribution in [2.45, 2.75) is 50.4 Å². The Hall–Kier alpha value is -2.23. The van der Waals surface area contributed by atoms with Gasteiger partial charge in [-0.05, 0) is 25.7 Å². The van der Waals surface area contributed by atoms with Gasteiger partial charge >= 0.3 is 6.18 Å². The van der Waals surface area contributed by atoms with Gasteiger partial charge in [0.15, 0.2) is 0 Å². The zero-order valence-electron chi connectivity index (χ0n) is 15.2. The second-order valence-corrected chi connectivity index (χ2v) is 8.24. The van der Waals surface area contributed by atoms with Gasteiger partial charge < -0.3 is 9.80 Å². The Morgan fingerprint density at radius 3 is 2.79 bits per heavy atom. The minimum atomic E-state index is -4.49. The summed E-state index contributed by atoms with van der Waals surface area (Å²) in [5.41, 5.74) is 0.583. The molecule has 2 fully saturated rings. The number of carbonyl (C=O) groups is 1. The van der Waals surface area contributed by atoms with Gasteiger partial charge in [0.2, 0.25) is 5.91 Å². The van der Waals surface area contributed by atoms with E-state index in [1.807, 2.05) is 9.80 Å². The van der Waals surface area contributed by atoms with E-state index < -0.39 is 11.9 Å². The summed E-state index contributed by atoms with van der Waals surface area (Å²) in [5, 5.41) is 0. The van der Waals surface area contributed by atoms with Crippen molar-refractivity contribution in [2.75, 3.05) is 18.0 Å². The average molecular weight is 411 g/mol. The van der Waals surface area contributed by atoms with Crippen LogP contribution in [0.2, 0.25) is 0 Å². The van der Waals surface area contributed by atoms with Gasteiger partial charge in [0, 0.05) is 42.2 Å². The number of anilines is 1. The number of hydrogen-bond donors (Lipinski definition) is 0. The fraction of sp³-hybridized carbons (Fsp3) is 0.556. The maximum atomic E-state index is 13.0. The normalized spacial score (nSPS) is 23.5. The van der Waals surface area contributed by atoms with E-state index in [1.54, 1.807) is 11.7 Å². The van der Waals surface area contributed by atoms with Gasteiger partial charge in [0.1, 0.15) is 17.8 Å². The lowest BCUT2D eigenvalue weighted by Gasteiger charge is -2.38. The number of nitrogens with zero attached hydrogens (tertiary/aromatic N) is 5. The molecule has 2 saturated heterocycles. The van der Waals surface area contributed by atoms with E-state index in [0.717, 1.165) is 36.5 Å². The maximum Gasteiger partial charge on any atom is 0.433 e. The molecule has 1 atom stereocenters. The van der Waals surface area contributed by atoms with Gasteiger partial charge in [-0.25, -0.2) is 9.97 Å². The molecular formula is C18H20F3N5OS. The Morgan fingerprint density at radius 2 is 2.04 bits per heavy atom. The molecule has 0 aliphatic carbocycles. The second-order valence-electron chi connectivity index (χ2n) is 7.27. The molecule has 1 unspecified atom stereocenters. The van der Waals surface area contributed by atoms with Crippen LogP contribution in [-0.4, -0.2) is 44.4 Å². The summed E-state index contributed by atoms with van der Waals surface area (Å²) in [6.07, 6.45) is 1.90. The zero-order chi connectivity index (χ0) is 19.8. The number of alkyl halides is 3. The van der Waals surface area contributed by atoms with Gasteiger partial charge in [0.05, 0.1) is 12.1 Å². The van der Waals surface area contributed by atoms with Gasteiger partial charge in [0.25, 0.3) is 0 Å². The number of rotatable bonds is 3. The molecule has 0 N–H and O–H groups in total. The van der Waals surface area contributed by atoms with Crippen molar-refractivity contribution in [1.29, 1.82) is 0 Å². The molecule has 28 heavy (non-hydrogen) atoms. The average Bonchev–Trinajstić information content (AvgIpc) is 3.21. The highest BCUT2D eigenvalue weighted by atomic mass is 32.1. The molecule has 1 amide bonds. The van der Waals surface area contributed by atoms with Gasteiger partial charge in [-0.2, -0.15) is 13.2 Å². The first kappa shape index (κ1) is 19.1. The number of thiazole rings is 1. The number of halogens is 3. The summed E-state index contributed by atoms with van der Waals surface area (Å²) >= 11 is 1.53. The summed E-state index contributed by atoms with van der Waals surface area (Å²) in [5.74, 6) is 0.431. The molecule has 0 radical (unpaired) electrons. The van der Waals surface area contributed by atoms with Crippen LogP contribution < -0.4 is 4.90 Å². The highest BCUT2D eigenvalue weighted by molar-refractivity contribution is 7.09. The number of amides is 1. The SMILES string of the molecule is O=C1CCC2(CCCN(c3cc(C(F)(F)F)ncn3)CC2)N1Cc1cncs1. The first-order chi connectivity index (χ1) is 13.4. The largest absolute Gasteiger partial charge is 0.433 e. The van der Waals surface area contributed by atoms with E-state index >= 15 is 0 Å². The van der Waals surface area contributed by atoms with Crippen molar-refractivity contribution in [3.8, 4) is 0 Å². The van der Waals surface area contributed by atoms with E-state index in [0.29, 0.717) is 32.5 Å². The standard InChI is InChI=1S/C18H20F3N5OS/c19-18(20,21)14-8-15(24-11-23-14)25-6-1-3-17(5-7-25)4-2-16(27)26(17)10-13-9-22-12-28-13/h8-9,11-12H,1-7,10H2. The number of hydrogen-bond acceptors (Lipinski definition) is 6. The third kappa shape index (κ3) is 3.69. The van der Waals surface area contributed by atoms with Crippen molar-refractivity contribution in [1.82, 2.24) is 19.9 Å². The molecule has 10 heteroatoms. The molecule has 2 aliphatic rings. The van der Waals surface area contributed by atoms with Gasteiger partial charge in [-0.15, -0.1) is 11.3 Å². The predicted octanol–water partition coefficient (Wildman–Crippen LogP) is 3.50. The first-order valence-electron chi connectivity index (χ1n) is 9.19. The first-order valence-corrected chi connectivity index (χ1v) is 10.1. The van der Waals surface area contributed by atoms with Crippen molar-refractivity contribution < 1.29 is 18.0 Å². The van der Waals surface area contributed by atoms with Crippen molar-refractivity contribution in [2.24, 2.45) is 0 Å². The van der Waals surface area contributed by atoms with Gasteiger partial charge in [-0.1, -0.05) is 0 Å². The minimum absolute atomic E-state index is 0.142. The molecular weight excluding hydrogens is 391 g/mol. The van der Waals surface area contributed by atoms with E-state index in [-0.39, 0.29) is 17.3 Å². The summed E-state index contributed by atoms with van der Waals surface area (Å²) in [6.45, 7) is 1.72. The van der Waals surface area contributed by atoms with Crippen LogP contribution in [0, 0.1) is 0 Å². The molecule has 2 aliphatic heterocycles. The van der Waals surface area contributed by atoms with Crippen LogP contribution in [0.15, 0.2) is 24.1 Å². The zero-order valence-corrected chi connectivity index (χ0v) is 16.0. The molecule has 2 aromatic rings. The number of carbonyl (C=O) groups excluding carboxylic acids is 1. The fourth-order valence-electron chi connectivity index (χ4n) is 4.21. The van der Waals surface area contributed by atoms with Crippen LogP contribution in [0.4, 0.5) is 19.0 Å². The third-order valence-electron chi connectivity index (χ3n) is 5.66. The molecule has 0 bridgehead atoms. The summed E-state index contributed by atoms with van der Waals surface area (Å²) in [4.78, 5) is 28.9. The number of aromatic nitrogens is 3. The van der Waals surface area contributed by atoms with E-state index in [4.69, 9.17) is 0 Å². The Labute approximate surface area is 164 Å². The molecule has 1 spiro atoms. The van der Waals surface area contributed by atoms with Crippen LogP contribution in [0.25, 0.3) is 0 Å². The highest BCUT2D eigenvalue weighted by Crippen LogP contribution is 2.41. The van der Waals surface area contributed by atoms with Crippen LogP contribution in [-0.2, 0) is 17.5 Å². The molecule has 0 aromatic carbocycles. The fourth-order valence-corrected chi connectivity index (χ4v) is 4.79. The lowest BCUT2D eigenvalue weighted by atomic mass is 9.87. The highest BCUT2D eigenvalue weighted by Gasteiger charge is 2.46. The smallest absolute Gasteiger partial charge is 0.356 e. The summed E-state index contributed by atoms with van der Waals surface area (Å²) < 4.78 is 38.9. The molecule has 4 heterocycles. The van der Waals surface area contributed by atoms with Crippen LogP contribution in [0.1, 0.15) is 42.7 Å². The van der Waals surface area contributed by atoms with E-state index in [1.165, 1.54) is 11.3 Å². The molecule has 2 aromatic heterocycles. The second kappa shape index (κ2) is 7.31. The molecule has 6 nitrogen and oxygen atoms in total. The molecule has 150 valence electrons. The van der Waals surface area contributed by atoms with Crippen molar-refractivity contribution >= 4 is 23.1 Å². The van der Waals surface area contributed by atoms with Crippen LogP contribution in [0.3, 0.4) is 0 Å².